The Bertz CT molecular complexity index is 338. The van der Waals surface area contributed by atoms with E-state index in [0.29, 0.717) is 0 Å². The van der Waals surface area contributed by atoms with Gasteiger partial charge in [0.1, 0.15) is 5.82 Å². The van der Waals surface area contributed by atoms with E-state index < -0.39 is 22.4 Å². The highest BCUT2D eigenvalue weighted by Crippen LogP contribution is 2.26. The van der Waals surface area contributed by atoms with Gasteiger partial charge in [-0.1, -0.05) is 23.2 Å². The summed E-state index contributed by atoms with van der Waals surface area (Å²) in [5, 5.41) is 9.69. The van der Waals surface area contributed by atoms with Crippen LogP contribution in [0.4, 0.5) is 4.39 Å². The lowest BCUT2D eigenvalue weighted by molar-refractivity contribution is -0.255. The van der Waals surface area contributed by atoms with Crippen LogP contribution in [-0.2, 0) is 0 Å². The number of carbonyl (C=O) groups excluding carboxylic acids is 1. The zero-order chi connectivity index (χ0) is 9.30. The molecule has 64 valence electrons. The Hall–Kier alpha value is -0.800. The van der Waals surface area contributed by atoms with Crippen LogP contribution in [0.2, 0.25) is 10.0 Å². The third-order valence-corrected chi connectivity index (χ3v) is 1.93. The van der Waals surface area contributed by atoms with E-state index in [0.717, 1.165) is 12.1 Å². The van der Waals surface area contributed by atoms with Gasteiger partial charge in [-0.3, -0.25) is 0 Å². The van der Waals surface area contributed by atoms with E-state index in [1.807, 2.05) is 0 Å². The molecule has 1 rings (SSSR count). The number of benzene rings is 1. The van der Waals surface area contributed by atoms with Crippen LogP contribution in [0.1, 0.15) is 10.4 Å². The molecule has 0 aliphatic carbocycles. The molecule has 0 N–H and O–H groups in total. The average Bonchev–Trinajstić information content (AvgIpc) is 1.97. The summed E-state index contributed by atoms with van der Waals surface area (Å²) >= 11 is 10.7. The van der Waals surface area contributed by atoms with Crippen molar-refractivity contribution < 1.29 is 14.3 Å². The summed E-state index contributed by atoms with van der Waals surface area (Å²) in [6.07, 6.45) is 0. The number of aromatic carboxylic acids is 1. The number of carboxylic acid groups (broad SMARTS) is 1. The number of hydrogen-bond acceptors (Lipinski definition) is 2. The van der Waals surface area contributed by atoms with E-state index in [4.69, 9.17) is 23.2 Å². The van der Waals surface area contributed by atoms with Crippen molar-refractivity contribution >= 4 is 29.2 Å². The molecule has 0 aromatic heterocycles. The molecule has 0 aliphatic rings. The van der Waals surface area contributed by atoms with Crippen LogP contribution in [0.25, 0.3) is 0 Å². The van der Waals surface area contributed by atoms with Gasteiger partial charge in [-0.25, -0.2) is 4.39 Å². The second-order valence-corrected chi connectivity index (χ2v) is 2.79. The van der Waals surface area contributed by atoms with Gasteiger partial charge < -0.3 is 9.90 Å². The lowest BCUT2D eigenvalue weighted by atomic mass is 10.2. The van der Waals surface area contributed by atoms with Crippen LogP contribution in [0.15, 0.2) is 12.1 Å². The Morgan fingerprint density at radius 1 is 1.42 bits per heavy atom. The number of rotatable bonds is 1. The lowest BCUT2D eigenvalue weighted by Gasteiger charge is -2.07. The van der Waals surface area contributed by atoms with Gasteiger partial charge in [0.05, 0.1) is 16.0 Å². The number of halogens is 3. The Labute approximate surface area is 77.5 Å². The molecular formula is C7H2Cl2FO2-. The van der Waals surface area contributed by atoms with Crippen LogP contribution in [0.5, 0.6) is 0 Å². The molecule has 0 unspecified atom stereocenters. The third-order valence-electron chi connectivity index (χ3n) is 1.25. The molecule has 1 aromatic rings. The van der Waals surface area contributed by atoms with Crippen LogP contribution in [0, 0.1) is 5.82 Å². The molecule has 0 atom stereocenters. The van der Waals surface area contributed by atoms with Crippen molar-refractivity contribution in [3.05, 3.63) is 33.6 Å². The van der Waals surface area contributed by atoms with Crippen molar-refractivity contribution in [1.82, 2.24) is 0 Å². The molecule has 0 saturated heterocycles. The first-order valence-electron chi connectivity index (χ1n) is 2.89. The summed E-state index contributed by atoms with van der Waals surface area (Å²) in [4.78, 5) is 10.3. The van der Waals surface area contributed by atoms with Gasteiger partial charge in [0.25, 0.3) is 0 Å². The molecule has 0 fully saturated rings. The molecule has 0 bridgehead atoms. The highest BCUT2D eigenvalue weighted by atomic mass is 35.5. The fraction of sp³-hybridized carbons (Fsp3) is 0. The number of carbonyl (C=O) groups is 1. The van der Waals surface area contributed by atoms with Crippen molar-refractivity contribution in [3.63, 3.8) is 0 Å². The molecule has 0 amide bonds. The highest BCUT2D eigenvalue weighted by Gasteiger charge is 2.10. The monoisotopic (exact) mass is 207 g/mol. The summed E-state index contributed by atoms with van der Waals surface area (Å²) in [5.74, 6) is -2.43. The molecule has 1 aromatic carbocycles. The molecule has 2 nitrogen and oxygen atoms in total. The first-order valence-corrected chi connectivity index (χ1v) is 3.64. The van der Waals surface area contributed by atoms with E-state index in [9.17, 15) is 14.3 Å². The summed E-state index contributed by atoms with van der Waals surface area (Å²) in [6.45, 7) is 0. The van der Waals surface area contributed by atoms with E-state index in [1.165, 1.54) is 0 Å². The Morgan fingerprint density at radius 3 is 2.42 bits per heavy atom. The zero-order valence-electron chi connectivity index (χ0n) is 5.61. The van der Waals surface area contributed by atoms with E-state index in [2.05, 4.69) is 0 Å². The molecule has 0 heterocycles. The molecule has 0 radical (unpaired) electrons. The zero-order valence-corrected chi connectivity index (χ0v) is 7.12. The van der Waals surface area contributed by atoms with Gasteiger partial charge in [0, 0.05) is 5.56 Å². The Balaban J connectivity index is 3.43. The minimum Gasteiger partial charge on any atom is -0.545 e. The predicted molar refractivity (Wildman–Crippen MR) is 40.8 cm³/mol. The predicted octanol–water partition coefficient (Wildman–Crippen LogP) is 1.50. The molecule has 12 heavy (non-hydrogen) atoms. The summed E-state index contributed by atoms with van der Waals surface area (Å²) in [7, 11) is 0. The van der Waals surface area contributed by atoms with Gasteiger partial charge in [0.15, 0.2) is 0 Å². The summed E-state index contributed by atoms with van der Waals surface area (Å²) in [5.41, 5.74) is -0.515. The van der Waals surface area contributed by atoms with Crippen LogP contribution in [-0.4, -0.2) is 5.97 Å². The van der Waals surface area contributed by atoms with Gasteiger partial charge in [-0.05, 0) is 12.1 Å². The van der Waals surface area contributed by atoms with Crippen molar-refractivity contribution in [3.8, 4) is 0 Å². The fourth-order valence-electron chi connectivity index (χ4n) is 0.714. The molecular weight excluding hydrogens is 206 g/mol. The topological polar surface area (TPSA) is 40.1 Å². The minimum absolute atomic E-state index is 0.138. The first kappa shape index (κ1) is 9.29. The Kier molecular flexibility index (Phi) is 2.55. The van der Waals surface area contributed by atoms with Gasteiger partial charge in [-0.2, -0.15) is 0 Å². The van der Waals surface area contributed by atoms with Crippen LogP contribution in [0.3, 0.4) is 0 Å². The van der Waals surface area contributed by atoms with Crippen LogP contribution >= 0.6 is 23.2 Å². The Morgan fingerprint density at radius 2 is 2.00 bits per heavy atom. The molecule has 5 heteroatoms. The van der Waals surface area contributed by atoms with E-state index in [1.54, 1.807) is 0 Å². The molecule has 0 spiro atoms. The summed E-state index contributed by atoms with van der Waals surface area (Å²) < 4.78 is 12.6. The lowest BCUT2D eigenvalue weighted by Crippen LogP contribution is -2.23. The van der Waals surface area contributed by atoms with Gasteiger partial charge in [0.2, 0.25) is 0 Å². The van der Waals surface area contributed by atoms with Crippen molar-refractivity contribution in [2.45, 2.75) is 0 Å². The van der Waals surface area contributed by atoms with Crippen molar-refractivity contribution in [2.24, 2.45) is 0 Å². The quantitative estimate of drug-likeness (QED) is 0.656. The minimum atomic E-state index is -1.59. The second kappa shape index (κ2) is 3.29. The first-order chi connectivity index (χ1) is 5.54. The molecule has 0 aliphatic heterocycles. The number of carboxylic acids is 1. The van der Waals surface area contributed by atoms with Gasteiger partial charge in [-0.15, -0.1) is 0 Å². The largest absolute Gasteiger partial charge is 0.545 e. The second-order valence-electron chi connectivity index (χ2n) is 2.01. The normalized spacial score (nSPS) is 9.92. The summed E-state index contributed by atoms with van der Waals surface area (Å²) in [6, 6.07) is 2.09. The van der Waals surface area contributed by atoms with Crippen molar-refractivity contribution in [2.75, 3.05) is 0 Å². The number of hydrogen-bond donors (Lipinski definition) is 0. The fourth-order valence-corrected chi connectivity index (χ4v) is 1.24. The van der Waals surface area contributed by atoms with Crippen molar-refractivity contribution in [1.29, 1.82) is 0 Å². The maximum Gasteiger partial charge on any atom is 0.142 e. The SMILES string of the molecule is O=C([O-])c1c(Cl)ccc(F)c1Cl. The standard InChI is InChI=1S/C7H3Cl2FO2/c8-3-1-2-4(10)6(9)5(3)7(11)12/h1-2H,(H,11,12)/p-1. The maximum absolute atomic E-state index is 12.6. The molecule has 0 saturated carbocycles. The van der Waals surface area contributed by atoms with Gasteiger partial charge >= 0.3 is 0 Å². The maximum atomic E-state index is 12.6. The smallest absolute Gasteiger partial charge is 0.142 e. The average molecular weight is 208 g/mol. The van der Waals surface area contributed by atoms with Crippen LogP contribution < -0.4 is 5.11 Å². The van der Waals surface area contributed by atoms with E-state index >= 15 is 0 Å². The highest BCUT2D eigenvalue weighted by molar-refractivity contribution is 6.39. The van der Waals surface area contributed by atoms with E-state index in [-0.39, 0.29) is 5.02 Å². The third kappa shape index (κ3) is 1.52.